The van der Waals surface area contributed by atoms with Crippen LogP contribution in [-0.2, 0) is 38.7 Å². The van der Waals surface area contributed by atoms with Gasteiger partial charge >= 0.3 is 8.72 Å². The molecule has 0 aliphatic carbocycles. The first-order chi connectivity index (χ1) is 14.1. The predicted molar refractivity (Wildman–Crippen MR) is 106 cm³/mol. The Balaban J connectivity index is 6.80. The van der Waals surface area contributed by atoms with Gasteiger partial charge in [-0.25, -0.2) is 0 Å². The first kappa shape index (κ1) is 28.7. The highest BCUT2D eigenvalue weighted by atomic mass is 28.4. The van der Waals surface area contributed by atoms with Crippen molar-refractivity contribution in [3.8, 4) is 0 Å². The minimum Gasteiger partial charge on any atom is -0.277 e. The fourth-order valence-corrected chi connectivity index (χ4v) is 5.40. The molecule has 0 aliphatic rings. The molecule has 29 heavy (non-hydrogen) atoms. The van der Waals surface area contributed by atoms with Crippen molar-refractivity contribution in [2.75, 3.05) is 52.9 Å². The molecule has 0 unspecified atom stereocenters. The van der Waals surface area contributed by atoms with Gasteiger partial charge in [-0.2, -0.15) is 0 Å². The maximum Gasteiger partial charge on any atom is 0.573 e. The van der Waals surface area contributed by atoms with Gasteiger partial charge in [0.25, 0.3) is 0 Å². The second kappa shape index (κ2) is 17.4. The summed E-state index contributed by atoms with van der Waals surface area (Å²) in [7, 11) is -3.93. The fourth-order valence-electron chi connectivity index (χ4n) is 2.18. The number of hydrogen-bond donors (Lipinski definition) is 0. The monoisotopic (exact) mass is 444 g/mol. The lowest BCUT2D eigenvalue weighted by Gasteiger charge is -2.49. The van der Waals surface area contributed by atoms with E-state index in [0.29, 0.717) is 52.9 Å². The van der Waals surface area contributed by atoms with E-state index < -0.39 is 8.72 Å². The van der Waals surface area contributed by atoms with Gasteiger partial charge in [0.05, 0.1) is 52.9 Å². The standard InChI is InChI=1S/C16H40N4O8Si/c1-9-21-17(22-10-2)29(18(23-11-3)24-12-4,19(25-13-5)26-14-6)20(27-15-7)28-16-8/h9-16H2,1-8H3. The van der Waals surface area contributed by atoms with Crippen LogP contribution in [0.5, 0.6) is 0 Å². The minimum atomic E-state index is -3.93. The summed E-state index contributed by atoms with van der Waals surface area (Å²) in [5, 5.41) is 0. The second-order valence-electron chi connectivity index (χ2n) is 4.97. The molecule has 0 bridgehead atoms. The molecular formula is C16H40N4O8Si. The highest BCUT2D eigenvalue weighted by Gasteiger charge is 2.68. The van der Waals surface area contributed by atoms with Crippen LogP contribution in [-0.4, -0.2) is 81.1 Å². The van der Waals surface area contributed by atoms with Crippen LogP contribution in [0.25, 0.3) is 0 Å². The molecular weight excluding hydrogens is 404 g/mol. The van der Waals surface area contributed by atoms with E-state index in [1.807, 2.05) is 55.4 Å². The SMILES string of the molecule is CCON(OCC)[Si](N(OCC)OCC)(N(OCC)OCC)N(OCC)OCC. The topological polar surface area (TPSA) is 86.8 Å². The van der Waals surface area contributed by atoms with Gasteiger partial charge in [0.2, 0.25) is 0 Å². The zero-order valence-electron chi connectivity index (χ0n) is 19.2. The molecule has 0 N–H and O–H groups in total. The molecule has 0 saturated heterocycles. The molecule has 12 nitrogen and oxygen atoms in total. The van der Waals surface area contributed by atoms with Crippen LogP contribution in [0.2, 0.25) is 0 Å². The smallest absolute Gasteiger partial charge is 0.277 e. The molecule has 0 aromatic heterocycles. The maximum atomic E-state index is 5.84. The molecule has 13 heteroatoms. The molecule has 0 fully saturated rings. The summed E-state index contributed by atoms with van der Waals surface area (Å²) in [5.74, 6) is 0. The van der Waals surface area contributed by atoms with Crippen molar-refractivity contribution in [2.24, 2.45) is 0 Å². The highest BCUT2D eigenvalue weighted by Crippen LogP contribution is 2.29. The molecule has 176 valence electrons. The van der Waals surface area contributed by atoms with Crippen molar-refractivity contribution in [3.63, 3.8) is 0 Å². The Morgan fingerprint density at radius 3 is 0.586 bits per heavy atom. The summed E-state index contributed by atoms with van der Waals surface area (Å²) in [6, 6.07) is 0. The highest BCUT2D eigenvalue weighted by molar-refractivity contribution is 6.66. The van der Waals surface area contributed by atoms with Crippen molar-refractivity contribution >= 4 is 8.72 Å². The van der Waals surface area contributed by atoms with Crippen LogP contribution in [0.15, 0.2) is 0 Å². The van der Waals surface area contributed by atoms with E-state index in [0.717, 1.165) is 0 Å². The lowest BCUT2D eigenvalue weighted by Crippen LogP contribution is -2.82. The Morgan fingerprint density at radius 2 is 0.483 bits per heavy atom. The molecule has 0 saturated carbocycles. The van der Waals surface area contributed by atoms with E-state index in [-0.39, 0.29) is 0 Å². The zero-order valence-corrected chi connectivity index (χ0v) is 20.2. The predicted octanol–water partition coefficient (Wildman–Crippen LogP) is 2.24. The van der Waals surface area contributed by atoms with E-state index >= 15 is 0 Å². The molecule has 0 aromatic rings. The second-order valence-corrected chi connectivity index (χ2v) is 7.63. The molecule has 0 aromatic carbocycles. The molecule has 0 atom stereocenters. The first-order valence-corrected chi connectivity index (χ1v) is 12.1. The van der Waals surface area contributed by atoms with Crippen LogP contribution in [0.3, 0.4) is 0 Å². The molecule has 0 aliphatic heterocycles. The van der Waals surface area contributed by atoms with Crippen LogP contribution in [0, 0.1) is 0 Å². The average Bonchev–Trinajstić information content (AvgIpc) is 2.70. The molecule has 0 radical (unpaired) electrons. The maximum absolute atomic E-state index is 5.84. The number of nitrogens with zero attached hydrogens (tertiary/aromatic N) is 4. The quantitative estimate of drug-likeness (QED) is 0.204. The van der Waals surface area contributed by atoms with Gasteiger partial charge in [0.1, 0.15) is 0 Å². The van der Waals surface area contributed by atoms with Crippen LogP contribution < -0.4 is 0 Å². The number of hydrogen-bond acceptors (Lipinski definition) is 12. The third-order valence-corrected chi connectivity index (χ3v) is 5.94. The normalized spacial score (nSPS) is 12.8. The summed E-state index contributed by atoms with van der Waals surface area (Å²) >= 11 is 0. The Bertz CT molecular complexity index is 295. The lowest BCUT2D eigenvalue weighted by atomic mass is 10.9. The van der Waals surface area contributed by atoms with Gasteiger partial charge < -0.3 is 0 Å². The Labute approximate surface area is 175 Å². The largest absolute Gasteiger partial charge is 0.573 e. The molecule has 0 amide bonds. The van der Waals surface area contributed by atoms with Crippen LogP contribution in [0.4, 0.5) is 0 Å². The third kappa shape index (κ3) is 8.06. The number of rotatable bonds is 20. The zero-order chi connectivity index (χ0) is 22.1. The van der Waals surface area contributed by atoms with E-state index in [9.17, 15) is 0 Å². The van der Waals surface area contributed by atoms with Gasteiger partial charge in [-0.3, -0.25) is 38.7 Å². The van der Waals surface area contributed by atoms with E-state index in [1.54, 1.807) is 0 Å². The molecule has 0 rings (SSSR count). The van der Waals surface area contributed by atoms with Crippen molar-refractivity contribution < 1.29 is 38.7 Å². The molecule has 0 spiro atoms. The first-order valence-electron chi connectivity index (χ1n) is 10.3. The summed E-state index contributed by atoms with van der Waals surface area (Å²) < 4.78 is 0. The summed E-state index contributed by atoms with van der Waals surface area (Å²) in [6.07, 6.45) is 0. The van der Waals surface area contributed by atoms with Crippen LogP contribution in [0.1, 0.15) is 55.4 Å². The van der Waals surface area contributed by atoms with Crippen molar-refractivity contribution in [2.45, 2.75) is 55.4 Å². The average molecular weight is 445 g/mol. The van der Waals surface area contributed by atoms with Crippen molar-refractivity contribution in [3.05, 3.63) is 0 Å². The summed E-state index contributed by atoms with van der Waals surface area (Å²) in [6.45, 7) is 16.9. The Hall–Kier alpha value is -0.263. The van der Waals surface area contributed by atoms with Crippen LogP contribution >= 0.6 is 0 Å². The van der Waals surface area contributed by atoms with Crippen molar-refractivity contribution in [1.29, 1.82) is 0 Å². The minimum absolute atomic E-state index is 0.291. The molecule has 0 heterocycles. The van der Waals surface area contributed by atoms with Gasteiger partial charge in [-0.05, 0) is 75.0 Å². The Kier molecular flexibility index (Phi) is 17.3. The summed E-state index contributed by atoms with van der Waals surface area (Å²) in [4.78, 5) is 51.7. The van der Waals surface area contributed by atoms with Gasteiger partial charge in [0, 0.05) is 0 Å². The van der Waals surface area contributed by atoms with Gasteiger partial charge in [-0.1, -0.05) is 0 Å². The summed E-state index contributed by atoms with van der Waals surface area (Å²) in [5.41, 5.74) is 0. The van der Waals surface area contributed by atoms with E-state index in [4.69, 9.17) is 38.7 Å². The van der Waals surface area contributed by atoms with Crippen molar-refractivity contribution in [1.82, 2.24) is 19.6 Å². The van der Waals surface area contributed by atoms with Gasteiger partial charge in [0.15, 0.2) is 0 Å². The third-order valence-electron chi connectivity index (χ3n) is 2.95. The fraction of sp³-hybridized carbons (Fsp3) is 1.00. The lowest BCUT2D eigenvalue weighted by molar-refractivity contribution is -0.464. The van der Waals surface area contributed by atoms with E-state index in [2.05, 4.69) is 0 Å². The Morgan fingerprint density at radius 1 is 0.345 bits per heavy atom. The van der Waals surface area contributed by atoms with E-state index in [1.165, 1.54) is 19.6 Å². The van der Waals surface area contributed by atoms with Gasteiger partial charge in [-0.15, -0.1) is 0 Å².